The summed E-state index contributed by atoms with van der Waals surface area (Å²) in [4.78, 5) is 39.9. The second kappa shape index (κ2) is 18.8. The second-order valence-corrected chi connectivity index (χ2v) is 20.5. The number of nitro benzene ring substituents is 1. The van der Waals surface area contributed by atoms with E-state index in [0.29, 0.717) is 30.7 Å². The summed E-state index contributed by atoms with van der Waals surface area (Å²) < 4.78 is 41.6. The number of anilines is 2. The van der Waals surface area contributed by atoms with Crippen molar-refractivity contribution in [1.29, 1.82) is 0 Å². The van der Waals surface area contributed by atoms with Crippen LogP contribution < -0.4 is 19.7 Å². The van der Waals surface area contributed by atoms with E-state index in [-0.39, 0.29) is 28.5 Å². The number of piperazine rings is 1. The number of ether oxygens (including phenoxy) is 2. The zero-order valence-corrected chi connectivity index (χ0v) is 38.3. The number of benzene rings is 3. The van der Waals surface area contributed by atoms with Crippen molar-refractivity contribution in [3.8, 4) is 11.5 Å². The molecule has 2 aliphatic heterocycles. The van der Waals surface area contributed by atoms with Crippen LogP contribution in [-0.4, -0.2) is 110 Å². The zero-order chi connectivity index (χ0) is 45.3. The molecule has 2 atom stereocenters. The van der Waals surface area contributed by atoms with Gasteiger partial charge in [-0.3, -0.25) is 24.7 Å². The maximum atomic E-state index is 14.0. The van der Waals surface area contributed by atoms with Crippen LogP contribution in [0.4, 0.5) is 17.1 Å². The van der Waals surface area contributed by atoms with E-state index in [1.54, 1.807) is 30.5 Å². The van der Waals surface area contributed by atoms with Crippen LogP contribution in [0.25, 0.3) is 16.6 Å². The van der Waals surface area contributed by atoms with Crippen LogP contribution in [0.3, 0.4) is 0 Å². The first-order chi connectivity index (χ1) is 31.3. The minimum atomic E-state index is -4.57. The molecule has 15 nitrogen and oxygen atoms in total. The van der Waals surface area contributed by atoms with E-state index in [2.05, 4.69) is 60.7 Å². The standard InChI is InChI=1S/C48H55ClN8O7S/c1-48(2)15-13-34(42(29-48)32-3-5-35(49)6-4-32)31-54-17-19-55(20-18-54)38-9-11-41(45(27-38)64-39-25-33-14-16-50-46(33)51-30-39)47(58)53-65(61,62)40-10-12-43(44(28-40)57(59)60)52-36-7-8-37(26-36)56-21-23-63-24-22-56/h3-6,9-12,14,16,25,27-28,30,36-37,52H,7-8,13,15,17-24,26,29,31H2,1-2H3,(H,50,51)(H,53,58)/t36?,37-/m1/s1. The van der Waals surface area contributed by atoms with Gasteiger partial charge in [-0.1, -0.05) is 43.2 Å². The molecule has 1 unspecified atom stereocenters. The van der Waals surface area contributed by atoms with E-state index in [9.17, 15) is 23.3 Å². The van der Waals surface area contributed by atoms with E-state index in [0.717, 1.165) is 107 Å². The summed E-state index contributed by atoms with van der Waals surface area (Å²) in [6.45, 7) is 11.8. The first-order valence-corrected chi connectivity index (χ1v) is 24.3. The molecule has 3 N–H and O–H groups in total. The number of aromatic amines is 1. The molecule has 65 heavy (non-hydrogen) atoms. The Bertz CT molecular complexity index is 2710. The summed E-state index contributed by atoms with van der Waals surface area (Å²) in [5.41, 5.74) is 5.62. The highest BCUT2D eigenvalue weighted by atomic mass is 35.5. The van der Waals surface area contributed by atoms with Gasteiger partial charge in [0.2, 0.25) is 0 Å². The fourth-order valence-corrected chi connectivity index (χ4v) is 10.9. The van der Waals surface area contributed by atoms with Gasteiger partial charge in [-0.25, -0.2) is 18.1 Å². The molecule has 4 aliphatic rings. The van der Waals surface area contributed by atoms with Gasteiger partial charge in [0.05, 0.1) is 34.8 Å². The number of H-pyrrole nitrogens is 1. The number of amides is 1. The third-order valence-corrected chi connectivity index (χ3v) is 15.0. The summed E-state index contributed by atoms with van der Waals surface area (Å²) in [5.74, 6) is -0.458. The Labute approximate surface area is 384 Å². The number of carbonyl (C=O) groups is 1. The summed E-state index contributed by atoms with van der Waals surface area (Å²) in [6.07, 6.45) is 9.08. The fourth-order valence-electron chi connectivity index (χ4n) is 9.75. The number of aromatic nitrogens is 2. The Hall–Kier alpha value is -5.52. The lowest BCUT2D eigenvalue weighted by Gasteiger charge is -2.39. The lowest BCUT2D eigenvalue weighted by Crippen LogP contribution is -2.47. The Balaban J connectivity index is 0.915. The van der Waals surface area contributed by atoms with Crippen molar-refractivity contribution in [3.63, 3.8) is 0 Å². The second-order valence-electron chi connectivity index (χ2n) is 18.4. The number of morpholine rings is 1. The Morgan fingerprint density at radius 1 is 1.00 bits per heavy atom. The highest BCUT2D eigenvalue weighted by Gasteiger charge is 2.33. The van der Waals surface area contributed by atoms with E-state index in [1.165, 1.54) is 35.0 Å². The van der Waals surface area contributed by atoms with E-state index in [4.69, 9.17) is 21.1 Å². The molecule has 2 aromatic heterocycles. The molecule has 5 aromatic rings. The van der Waals surface area contributed by atoms with Gasteiger partial charge in [-0.2, -0.15) is 0 Å². The third kappa shape index (κ3) is 10.3. The minimum absolute atomic E-state index is 0.0110. The normalized spacial score (nSPS) is 20.8. The third-order valence-electron chi connectivity index (χ3n) is 13.4. The van der Waals surface area contributed by atoms with Crippen LogP contribution in [0, 0.1) is 15.5 Å². The lowest BCUT2D eigenvalue weighted by molar-refractivity contribution is -0.384. The van der Waals surface area contributed by atoms with Gasteiger partial charge >= 0.3 is 0 Å². The quantitative estimate of drug-likeness (QED) is 0.0760. The SMILES string of the molecule is CC1(C)CCC(CN2CCN(c3ccc(C(=O)NS(=O)(=O)c4ccc(NC5CC[C@@H](N6CCOCC6)C5)c([N+](=O)[O-])c4)c(Oc4cnc5[nH]ccc5c4)c3)CC2)=C(c2ccc(Cl)cc2)C1. The van der Waals surface area contributed by atoms with Gasteiger partial charge in [0, 0.05) is 92.3 Å². The average molecular weight is 924 g/mol. The Morgan fingerprint density at radius 2 is 1.78 bits per heavy atom. The van der Waals surface area contributed by atoms with Crippen molar-refractivity contribution in [2.45, 2.75) is 69.4 Å². The molecule has 0 spiro atoms. The van der Waals surface area contributed by atoms with Gasteiger partial charge in [-0.15, -0.1) is 0 Å². The molecule has 0 radical (unpaired) electrons. The summed E-state index contributed by atoms with van der Waals surface area (Å²) >= 11 is 6.25. The first kappa shape index (κ1) is 44.7. The molecule has 2 aliphatic carbocycles. The number of carbonyl (C=O) groups excluding carboxylic acids is 1. The van der Waals surface area contributed by atoms with Crippen LogP contribution in [0.5, 0.6) is 11.5 Å². The molecule has 1 amide bonds. The van der Waals surface area contributed by atoms with Crippen molar-refractivity contribution in [2.75, 3.05) is 69.2 Å². The molecule has 4 heterocycles. The number of nitrogens with one attached hydrogen (secondary N) is 3. The van der Waals surface area contributed by atoms with Gasteiger partial charge in [0.1, 0.15) is 22.8 Å². The van der Waals surface area contributed by atoms with Gasteiger partial charge in [0.25, 0.3) is 21.6 Å². The van der Waals surface area contributed by atoms with Crippen LogP contribution in [-0.2, 0) is 14.8 Å². The first-order valence-electron chi connectivity index (χ1n) is 22.4. The molecule has 1 saturated carbocycles. The Morgan fingerprint density at radius 3 is 2.55 bits per heavy atom. The number of pyridine rings is 1. The smallest absolute Gasteiger partial charge is 0.293 e. The topological polar surface area (TPSA) is 175 Å². The number of rotatable bonds is 13. The Kier molecular flexibility index (Phi) is 12.9. The summed E-state index contributed by atoms with van der Waals surface area (Å²) in [5, 5.41) is 17.1. The number of allylic oxidation sites excluding steroid dienone is 1. The molecule has 3 aromatic carbocycles. The number of hydrogen-bond donors (Lipinski definition) is 3. The van der Waals surface area contributed by atoms with Crippen LogP contribution in [0.1, 0.15) is 68.3 Å². The predicted octanol–water partition coefficient (Wildman–Crippen LogP) is 8.49. The van der Waals surface area contributed by atoms with Crippen molar-refractivity contribution < 1.29 is 27.6 Å². The van der Waals surface area contributed by atoms with Crippen molar-refractivity contribution in [2.24, 2.45) is 5.41 Å². The van der Waals surface area contributed by atoms with Crippen LogP contribution >= 0.6 is 11.6 Å². The van der Waals surface area contributed by atoms with Gasteiger partial charge in [0.15, 0.2) is 0 Å². The molecule has 17 heteroatoms. The van der Waals surface area contributed by atoms with Gasteiger partial charge in [-0.05, 0) is 104 Å². The molecular formula is C48H55ClN8O7S. The van der Waals surface area contributed by atoms with E-state index < -0.39 is 31.4 Å². The summed E-state index contributed by atoms with van der Waals surface area (Å²) in [6, 6.07) is 20.9. The fraction of sp³-hybridized carbons (Fsp3) is 0.417. The maximum absolute atomic E-state index is 14.0. The average Bonchev–Trinajstić information content (AvgIpc) is 3.97. The number of nitro groups is 1. The molecule has 342 valence electrons. The minimum Gasteiger partial charge on any atom is -0.455 e. The number of nitrogens with zero attached hydrogens (tertiary/aromatic N) is 5. The molecule has 3 fully saturated rings. The number of sulfonamides is 1. The van der Waals surface area contributed by atoms with E-state index >= 15 is 0 Å². The summed E-state index contributed by atoms with van der Waals surface area (Å²) in [7, 11) is -4.57. The number of fused-ring (bicyclic) bond motifs is 1. The van der Waals surface area contributed by atoms with Crippen molar-refractivity contribution >= 4 is 61.2 Å². The largest absolute Gasteiger partial charge is 0.455 e. The molecule has 9 rings (SSSR count). The lowest BCUT2D eigenvalue weighted by atomic mass is 9.72. The highest BCUT2D eigenvalue weighted by molar-refractivity contribution is 7.90. The van der Waals surface area contributed by atoms with Gasteiger partial charge < -0.3 is 24.7 Å². The van der Waals surface area contributed by atoms with Crippen molar-refractivity contribution in [1.82, 2.24) is 24.5 Å². The zero-order valence-electron chi connectivity index (χ0n) is 36.7. The number of hydrogen-bond acceptors (Lipinski definition) is 12. The van der Waals surface area contributed by atoms with E-state index in [1.807, 2.05) is 18.2 Å². The molecular weight excluding hydrogens is 868 g/mol. The van der Waals surface area contributed by atoms with Crippen LogP contribution in [0.15, 0.2) is 95.7 Å². The van der Waals surface area contributed by atoms with Crippen molar-refractivity contribution in [3.05, 3.63) is 117 Å². The maximum Gasteiger partial charge on any atom is 0.293 e. The molecule has 2 saturated heterocycles. The molecule has 0 bridgehead atoms. The number of halogens is 1. The monoisotopic (exact) mass is 922 g/mol. The highest BCUT2D eigenvalue weighted by Crippen LogP contribution is 2.44. The van der Waals surface area contributed by atoms with Crippen LogP contribution in [0.2, 0.25) is 5.02 Å². The predicted molar refractivity (Wildman–Crippen MR) is 252 cm³/mol.